The second kappa shape index (κ2) is 10.0. The zero-order chi connectivity index (χ0) is 21.8. The highest BCUT2D eigenvalue weighted by molar-refractivity contribution is 5.78. The molecule has 31 heavy (non-hydrogen) atoms. The Kier molecular flexibility index (Phi) is 7.16. The van der Waals surface area contributed by atoms with Gasteiger partial charge >= 0.3 is 0 Å². The van der Waals surface area contributed by atoms with Gasteiger partial charge in [0, 0.05) is 37.5 Å². The predicted molar refractivity (Wildman–Crippen MR) is 125 cm³/mol. The van der Waals surface area contributed by atoms with Crippen LogP contribution in [0.4, 0.5) is 0 Å². The summed E-state index contributed by atoms with van der Waals surface area (Å²) in [5.74, 6) is 3.29. The Morgan fingerprint density at radius 1 is 1.06 bits per heavy atom. The molecule has 2 aliphatic rings. The molecule has 168 valence electrons. The van der Waals surface area contributed by atoms with E-state index in [-0.39, 0.29) is 5.92 Å². The van der Waals surface area contributed by atoms with Crippen LogP contribution in [0.15, 0.2) is 46.9 Å². The van der Waals surface area contributed by atoms with E-state index in [2.05, 4.69) is 46.2 Å². The van der Waals surface area contributed by atoms with Crippen LogP contribution in [0.2, 0.25) is 0 Å². The maximum Gasteiger partial charge on any atom is 0.225 e. The third-order valence-corrected chi connectivity index (χ3v) is 7.14. The average molecular weight is 423 g/mol. The van der Waals surface area contributed by atoms with Crippen molar-refractivity contribution in [1.29, 1.82) is 0 Å². The highest BCUT2D eigenvalue weighted by atomic mass is 16.3. The van der Waals surface area contributed by atoms with Gasteiger partial charge in [-0.05, 0) is 43.4 Å². The van der Waals surface area contributed by atoms with Crippen molar-refractivity contribution in [3.05, 3.63) is 59.5 Å². The van der Waals surface area contributed by atoms with Crippen molar-refractivity contribution in [2.24, 2.45) is 11.8 Å². The van der Waals surface area contributed by atoms with Crippen LogP contribution in [0, 0.1) is 18.8 Å². The standard InChI is InChI=1S/C27H38N2O2/c1-20(2)27(30)29(24-12-8-5-9-13-24)17-23-16-28(18-25-15-14-21(3)31-25)19-26(23)22-10-6-4-7-11-22/h4,6-7,10-11,14-15,20,23-24,26H,5,8-9,12-13,16-19H2,1-3H3. The van der Waals surface area contributed by atoms with Gasteiger partial charge in [-0.25, -0.2) is 0 Å². The van der Waals surface area contributed by atoms with E-state index in [4.69, 9.17) is 4.42 Å². The number of nitrogens with zero attached hydrogens (tertiary/aromatic N) is 2. The molecule has 2 aromatic rings. The molecule has 1 saturated heterocycles. The maximum atomic E-state index is 13.2. The Labute approximate surface area is 187 Å². The fraction of sp³-hybridized carbons (Fsp3) is 0.593. The number of likely N-dealkylation sites (tertiary alicyclic amines) is 1. The quantitative estimate of drug-likeness (QED) is 0.581. The monoisotopic (exact) mass is 422 g/mol. The molecule has 4 rings (SSSR count). The number of carbonyl (C=O) groups excluding carboxylic acids is 1. The van der Waals surface area contributed by atoms with Gasteiger partial charge in [0.2, 0.25) is 5.91 Å². The first kappa shape index (κ1) is 22.1. The summed E-state index contributed by atoms with van der Waals surface area (Å²) in [5.41, 5.74) is 1.39. The van der Waals surface area contributed by atoms with Gasteiger partial charge in [0.25, 0.3) is 0 Å². The second-order valence-corrected chi connectivity index (χ2v) is 9.92. The van der Waals surface area contributed by atoms with Crippen LogP contribution in [0.3, 0.4) is 0 Å². The van der Waals surface area contributed by atoms with Crippen molar-refractivity contribution >= 4 is 5.91 Å². The number of aryl methyl sites for hydroxylation is 1. The van der Waals surface area contributed by atoms with E-state index in [9.17, 15) is 4.79 Å². The molecule has 1 saturated carbocycles. The third-order valence-electron chi connectivity index (χ3n) is 7.14. The fourth-order valence-electron chi connectivity index (χ4n) is 5.54. The molecule has 1 aromatic heterocycles. The first-order valence-electron chi connectivity index (χ1n) is 12.1. The molecule has 0 spiro atoms. The minimum Gasteiger partial charge on any atom is -0.465 e. The maximum absolute atomic E-state index is 13.2. The normalized spacial score (nSPS) is 22.8. The number of benzene rings is 1. The Morgan fingerprint density at radius 3 is 2.45 bits per heavy atom. The first-order valence-corrected chi connectivity index (χ1v) is 12.1. The minimum atomic E-state index is 0.0562. The number of rotatable bonds is 7. The van der Waals surface area contributed by atoms with E-state index in [0.29, 0.717) is 23.8 Å². The van der Waals surface area contributed by atoms with Crippen molar-refractivity contribution in [1.82, 2.24) is 9.80 Å². The lowest BCUT2D eigenvalue weighted by Crippen LogP contribution is -2.47. The number of furan rings is 1. The van der Waals surface area contributed by atoms with E-state index >= 15 is 0 Å². The van der Waals surface area contributed by atoms with E-state index < -0.39 is 0 Å². The van der Waals surface area contributed by atoms with Crippen molar-refractivity contribution in [2.45, 2.75) is 71.4 Å². The fourth-order valence-corrected chi connectivity index (χ4v) is 5.54. The summed E-state index contributed by atoms with van der Waals surface area (Å²) in [6, 6.07) is 15.4. The van der Waals surface area contributed by atoms with E-state index in [1.807, 2.05) is 26.8 Å². The highest BCUT2D eigenvalue weighted by Crippen LogP contribution is 2.36. The number of hydrogen-bond acceptors (Lipinski definition) is 3. The zero-order valence-corrected chi connectivity index (χ0v) is 19.4. The molecule has 4 nitrogen and oxygen atoms in total. The molecule has 1 aliphatic heterocycles. The van der Waals surface area contributed by atoms with Crippen molar-refractivity contribution in [3.8, 4) is 0 Å². The van der Waals surface area contributed by atoms with Gasteiger partial charge in [0.05, 0.1) is 6.54 Å². The molecule has 2 atom stereocenters. The minimum absolute atomic E-state index is 0.0562. The molecule has 0 bridgehead atoms. The lowest BCUT2D eigenvalue weighted by atomic mass is 9.86. The van der Waals surface area contributed by atoms with E-state index in [1.54, 1.807) is 0 Å². The SMILES string of the molecule is Cc1ccc(CN2CC(CN(C(=O)C(C)C)C3CCCCC3)C(c3ccccc3)C2)o1. The summed E-state index contributed by atoms with van der Waals surface area (Å²) in [7, 11) is 0. The molecule has 4 heteroatoms. The third kappa shape index (κ3) is 5.41. The summed E-state index contributed by atoms with van der Waals surface area (Å²) < 4.78 is 5.86. The van der Waals surface area contributed by atoms with Gasteiger partial charge in [-0.1, -0.05) is 63.4 Å². The average Bonchev–Trinajstić information content (AvgIpc) is 3.38. The van der Waals surface area contributed by atoms with Crippen LogP contribution in [0.5, 0.6) is 0 Å². The molecule has 2 heterocycles. The molecule has 0 radical (unpaired) electrons. The van der Waals surface area contributed by atoms with Crippen LogP contribution < -0.4 is 0 Å². The molecule has 1 amide bonds. The summed E-state index contributed by atoms with van der Waals surface area (Å²) >= 11 is 0. The van der Waals surface area contributed by atoms with Gasteiger partial charge in [-0.15, -0.1) is 0 Å². The van der Waals surface area contributed by atoms with Gasteiger partial charge < -0.3 is 9.32 Å². The second-order valence-electron chi connectivity index (χ2n) is 9.92. The molecular weight excluding hydrogens is 384 g/mol. The summed E-state index contributed by atoms with van der Waals surface area (Å²) in [4.78, 5) is 18.0. The van der Waals surface area contributed by atoms with Crippen molar-refractivity contribution in [2.75, 3.05) is 19.6 Å². The van der Waals surface area contributed by atoms with E-state index in [1.165, 1.54) is 24.8 Å². The molecule has 2 fully saturated rings. The van der Waals surface area contributed by atoms with Crippen LogP contribution in [0.1, 0.15) is 69.0 Å². The predicted octanol–water partition coefficient (Wildman–Crippen LogP) is 5.62. The first-order chi connectivity index (χ1) is 15.0. The van der Waals surface area contributed by atoms with Gasteiger partial charge in [0.1, 0.15) is 11.5 Å². The number of carbonyl (C=O) groups is 1. The number of amides is 1. The molecule has 1 aromatic carbocycles. The molecule has 2 unspecified atom stereocenters. The van der Waals surface area contributed by atoms with Gasteiger partial charge in [-0.3, -0.25) is 9.69 Å². The van der Waals surface area contributed by atoms with Gasteiger partial charge in [0.15, 0.2) is 0 Å². The Balaban J connectivity index is 1.54. The molecular formula is C27H38N2O2. The topological polar surface area (TPSA) is 36.7 Å². The zero-order valence-electron chi connectivity index (χ0n) is 19.4. The smallest absolute Gasteiger partial charge is 0.225 e. The highest BCUT2D eigenvalue weighted by Gasteiger charge is 2.38. The summed E-state index contributed by atoms with van der Waals surface area (Å²) in [6.07, 6.45) is 6.15. The Bertz CT molecular complexity index is 838. The Hall–Kier alpha value is -2.07. The van der Waals surface area contributed by atoms with E-state index in [0.717, 1.165) is 50.5 Å². The lowest BCUT2D eigenvalue weighted by molar-refractivity contribution is -0.138. The van der Waals surface area contributed by atoms with Crippen LogP contribution >= 0.6 is 0 Å². The summed E-state index contributed by atoms with van der Waals surface area (Å²) in [5, 5.41) is 0. The largest absolute Gasteiger partial charge is 0.465 e. The summed E-state index contributed by atoms with van der Waals surface area (Å²) in [6.45, 7) is 9.84. The lowest BCUT2D eigenvalue weighted by Gasteiger charge is -2.38. The van der Waals surface area contributed by atoms with Crippen molar-refractivity contribution in [3.63, 3.8) is 0 Å². The number of hydrogen-bond donors (Lipinski definition) is 0. The van der Waals surface area contributed by atoms with Crippen LogP contribution in [-0.2, 0) is 11.3 Å². The van der Waals surface area contributed by atoms with Crippen molar-refractivity contribution < 1.29 is 9.21 Å². The van der Waals surface area contributed by atoms with Crippen LogP contribution in [-0.4, -0.2) is 41.4 Å². The Morgan fingerprint density at radius 2 is 1.81 bits per heavy atom. The molecule has 1 aliphatic carbocycles. The van der Waals surface area contributed by atoms with Crippen LogP contribution in [0.25, 0.3) is 0 Å². The van der Waals surface area contributed by atoms with Gasteiger partial charge in [-0.2, -0.15) is 0 Å². The molecule has 0 N–H and O–H groups in total.